The maximum atomic E-state index is 10.9. The van der Waals surface area contributed by atoms with Gasteiger partial charge in [0.25, 0.3) is 0 Å². The molecular weight excluding hydrogens is 530 g/mol. The van der Waals surface area contributed by atoms with E-state index < -0.39 is 31.2 Å². The fraction of sp³-hybridized carbons (Fsp3) is 0.286. The number of halogens is 5. The third-order valence-electron chi connectivity index (χ3n) is 3.05. The molecule has 25 heavy (non-hydrogen) atoms. The molecule has 0 bridgehead atoms. The third-order valence-corrected chi connectivity index (χ3v) is 6.07. The van der Waals surface area contributed by atoms with E-state index in [4.69, 9.17) is 50.1 Å². The number of rotatable bonds is 2. The van der Waals surface area contributed by atoms with Gasteiger partial charge in [0.15, 0.2) is 4.33 Å². The lowest BCUT2D eigenvalue weighted by atomic mass is 9.95. The standard InChI is InChI=1S/C7H5Br2Cl3O3.C7H6O3/c8-6(9)1-7(11,12)4(13)2(3(6)10)5(14)15;8-6-4-2-1-3-5(6)7(9)10/h4,13H,1H2,(H,14,15);1-4,8H,(H,9,10). The first-order valence-corrected chi connectivity index (χ1v) is 9.11. The Bertz CT molecular complexity index is 720. The molecule has 0 saturated carbocycles. The van der Waals surface area contributed by atoms with Crippen molar-refractivity contribution in [1.29, 1.82) is 0 Å². The van der Waals surface area contributed by atoms with Crippen molar-refractivity contribution >= 4 is 78.6 Å². The number of aromatic carboxylic acids is 1. The zero-order valence-corrected chi connectivity index (χ0v) is 17.5. The van der Waals surface area contributed by atoms with E-state index >= 15 is 0 Å². The number of hydrogen-bond acceptors (Lipinski definition) is 4. The molecule has 0 radical (unpaired) electrons. The van der Waals surface area contributed by atoms with Gasteiger partial charge in [-0.2, -0.15) is 0 Å². The van der Waals surface area contributed by atoms with Crippen LogP contribution in [-0.2, 0) is 4.79 Å². The van der Waals surface area contributed by atoms with Crippen molar-refractivity contribution < 1.29 is 30.0 Å². The summed E-state index contributed by atoms with van der Waals surface area (Å²) in [5, 5.41) is 35.8. The van der Waals surface area contributed by atoms with E-state index in [1.165, 1.54) is 12.1 Å². The highest BCUT2D eigenvalue weighted by atomic mass is 79.9. The summed E-state index contributed by atoms with van der Waals surface area (Å²) in [6.07, 6.45) is -1.51. The summed E-state index contributed by atoms with van der Waals surface area (Å²) < 4.78 is -2.64. The molecule has 1 aromatic rings. The zero-order valence-electron chi connectivity index (χ0n) is 12.1. The summed E-state index contributed by atoms with van der Waals surface area (Å²) in [6, 6.07) is 5.81. The predicted molar refractivity (Wildman–Crippen MR) is 101 cm³/mol. The molecule has 1 atom stereocenters. The second kappa shape index (κ2) is 8.45. The number of carboxylic acid groups (broad SMARTS) is 2. The number of allylic oxidation sites excluding steroid dienone is 1. The molecule has 0 saturated heterocycles. The zero-order chi connectivity index (χ0) is 19.6. The average molecular weight is 541 g/mol. The minimum absolute atomic E-state index is 0.0277. The predicted octanol–water partition coefficient (Wildman–Crippen LogP) is 4.08. The van der Waals surface area contributed by atoms with E-state index in [0.29, 0.717) is 0 Å². The van der Waals surface area contributed by atoms with E-state index in [9.17, 15) is 14.7 Å². The lowest BCUT2D eigenvalue weighted by Gasteiger charge is -2.38. The number of aliphatic hydroxyl groups is 1. The van der Waals surface area contributed by atoms with Gasteiger partial charge in [0.2, 0.25) is 0 Å². The van der Waals surface area contributed by atoms with Crippen LogP contribution >= 0.6 is 66.7 Å². The molecular formula is C14H11Br2Cl3O6. The monoisotopic (exact) mass is 538 g/mol. The number of aromatic hydroxyl groups is 1. The van der Waals surface area contributed by atoms with Crippen molar-refractivity contribution in [3.8, 4) is 5.75 Å². The van der Waals surface area contributed by atoms with Gasteiger partial charge in [-0.1, -0.05) is 78.8 Å². The van der Waals surface area contributed by atoms with E-state index in [1.807, 2.05) is 0 Å². The Balaban J connectivity index is 0.000000271. The van der Waals surface area contributed by atoms with Crippen molar-refractivity contribution in [2.45, 2.75) is 20.1 Å². The number of benzene rings is 1. The van der Waals surface area contributed by atoms with Gasteiger partial charge in [-0.25, -0.2) is 9.59 Å². The van der Waals surface area contributed by atoms with E-state index in [2.05, 4.69) is 31.9 Å². The van der Waals surface area contributed by atoms with Gasteiger partial charge in [-0.15, -0.1) is 0 Å². The molecule has 1 aliphatic rings. The minimum Gasteiger partial charge on any atom is -0.507 e. The Labute approximate surface area is 174 Å². The molecule has 0 aromatic heterocycles. The van der Waals surface area contributed by atoms with Crippen LogP contribution in [0, 0.1) is 0 Å². The Morgan fingerprint density at radius 3 is 2.04 bits per heavy atom. The molecule has 0 fully saturated rings. The molecule has 1 unspecified atom stereocenters. The van der Waals surface area contributed by atoms with Crippen LogP contribution in [-0.4, -0.2) is 46.0 Å². The fourth-order valence-electron chi connectivity index (χ4n) is 1.86. The highest BCUT2D eigenvalue weighted by Crippen LogP contribution is 2.54. The van der Waals surface area contributed by atoms with E-state index in [1.54, 1.807) is 12.1 Å². The van der Waals surface area contributed by atoms with Gasteiger partial charge in [-0.05, 0) is 12.1 Å². The van der Waals surface area contributed by atoms with Crippen LogP contribution < -0.4 is 0 Å². The maximum absolute atomic E-state index is 10.9. The summed E-state index contributed by atoms with van der Waals surface area (Å²) in [5.74, 6) is -2.67. The lowest BCUT2D eigenvalue weighted by Crippen LogP contribution is -2.45. The van der Waals surface area contributed by atoms with Crippen LogP contribution in [0.15, 0.2) is 34.9 Å². The van der Waals surface area contributed by atoms with Crippen LogP contribution in [0.4, 0.5) is 0 Å². The number of carboxylic acids is 2. The quantitative estimate of drug-likeness (QED) is 0.420. The summed E-state index contributed by atoms with van der Waals surface area (Å²) in [5.41, 5.74) is -0.482. The molecule has 138 valence electrons. The van der Waals surface area contributed by atoms with Gasteiger partial charge < -0.3 is 20.4 Å². The van der Waals surface area contributed by atoms with Crippen LogP contribution in [0.25, 0.3) is 0 Å². The van der Waals surface area contributed by atoms with Crippen molar-refractivity contribution in [2.24, 2.45) is 0 Å². The van der Waals surface area contributed by atoms with E-state index in [0.717, 1.165) is 0 Å². The largest absolute Gasteiger partial charge is 0.507 e. The summed E-state index contributed by atoms with van der Waals surface area (Å²) in [6.45, 7) is 0. The number of carbonyl (C=O) groups is 2. The number of para-hydroxylation sites is 1. The average Bonchev–Trinajstić information content (AvgIpc) is 2.45. The number of phenols is 1. The normalized spacial score (nSPS) is 21.1. The van der Waals surface area contributed by atoms with Crippen molar-refractivity contribution in [3.05, 3.63) is 40.4 Å². The van der Waals surface area contributed by atoms with E-state index in [-0.39, 0.29) is 22.8 Å². The Morgan fingerprint density at radius 2 is 1.64 bits per heavy atom. The minimum atomic E-state index is -1.61. The second-order valence-electron chi connectivity index (χ2n) is 4.90. The SMILES string of the molecule is O=C(O)C1=C(Cl)C(Br)(Br)CC(Cl)(Cl)C1O.O=C(O)c1ccccc1O. The highest BCUT2D eigenvalue weighted by molar-refractivity contribution is 9.25. The number of alkyl halides is 4. The van der Waals surface area contributed by atoms with Crippen molar-refractivity contribution in [2.75, 3.05) is 0 Å². The first-order valence-electron chi connectivity index (χ1n) is 6.39. The lowest BCUT2D eigenvalue weighted by molar-refractivity contribution is -0.134. The van der Waals surface area contributed by atoms with Crippen LogP contribution in [0.1, 0.15) is 16.8 Å². The summed E-state index contributed by atoms with van der Waals surface area (Å²) in [7, 11) is 0. The second-order valence-corrected chi connectivity index (χ2v) is 10.6. The topological polar surface area (TPSA) is 115 Å². The highest BCUT2D eigenvalue weighted by Gasteiger charge is 2.52. The van der Waals surface area contributed by atoms with Gasteiger partial charge in [0.05, 0.1) is 10.6 Å². The molecule has 11 heteroatoms. The van der Waals surface area contributed by atoms with Crippen molar-refractivity contribution in [1.82, 2.24) is 0 Å². The van der Waals surface area contributed by atoms with Gasteiger partial charge in [-0.3, -0.25) is 0 Å². The molecule has 0 heterocycles. The van der Waals surface area contributed by atoms with Crippen LogP contribution in [0.5, 0.6) is 5.75 Å². The smallest absolute Gasteiger partial charge is 0.339 e. The fourth-order valence-corrected chi connectivity index (χ4v) is 4.69. The molecule has 4 N–H and O–H groups in total. The summed E-state index contributed by atoms with van der Waals surface area (Å²) in [4.78, 5) is 21.2. The number of hydrogen-bond donors (Lipinski definition) is 4. The molecule has 2 rings (SSSR count). The molecule has 1 aliphatic carbocycles. The Morgan fingerprint density at radius 1 is 1.12 bits per heavy atom. The Kier molecular flexibility index (Phi) is 7.62. The first kappa shape index (κ1) is 22.5. The molecule has 0 aliphatic heterocycles. The molecule has 1 aromatic carbocycles. The first-order chi connectivity index (χ1) is 11.3. The number of aliphatic carboxylic acids is 1. The number of aliphatic hydroxyl groups excluding tert-OH is 1. The van der Waals surface area contributed by atoms with Gasteiger partial charge >= 0.3 is 11.9 Å². The van der Waals surface area contributed by atoms with Gasteiger partial charge in [0.1, 0.15) is 20.7 Å². The van der Waals surface area contributed by atoms with Gasteiger partial charge in [0, 0.05) is 6.42 Å². The third kappa shape index (κ3) is 5.48. The molecule has 0 spiro atoms. The Hall–Kier alpha value is -0.510. The molecule has 6 nitrogen and oxygen atoms in total. The van der Waals surface area contributed by atoms with Crippen LogP contribution in [0.2, 0.25) is 0 Å². The maximum Gasteiger partial charge on any atom is 0.339 e. The summed E-state index contributed by atoms with van der Waals surface area (Å²) >= 11 is 23.7. The van der Waals surface area contributed by atoms with Crippen molar-refractivity contribution in [3.63, 3.8) is 0 Å². The van der Waals surface area contributed by atoms with Crippen LogP contribution in [0.3, 0.4) is 0 Å². The molecule has 0 amide bonds.